The number of nitrogens with one attached hydrogen (secondary N) is 1. The van der Waals surface area contributed by atoms with Gasteiger partial charge in [-0.15, -0.1) is 0 Å². The Hall–Kier alpha value is -3.67. The maximum atomic E-state index is 14.2. The first-order chi connectivity index (χ1) is 17.4. The van der Waals surface area contributed by atoms with Crippen LogP contribution in [0.25, 0.3) is 11.4 Å². The van der Waals surface area contributed by atoms with Gasteiger partial charge in [0.05, 0.1) is 18.8 Å². The third kappa shape index (κ3) is 6.30. The summed E-state index contributed by atoms with van der Waals surface area (Å²) in [4.78, 5) is 27.0. The van der Waals surface area contributed by atoms with E-state index in [2.05, 4.69) is 30.3 Å². The van der Waals surface area contributed by atoms with Crippen molar-refractivity contribution in [3.8, 4) is 17.1 Å². The second kappa shape index (κ2) is 11.8. The maximum absolute atomic E-state index is 14.2. The van der Waals surface area contributed by atoms with Gasteiger partial charge in [-0.25, -0.2) is 18.7 Å². The monoisotopic (exact) mass is 502 g/mol. The molecule has 3 heterocycles. The summed E-state index contributed by atoms with van der Waals surface area (Å²) in [6, 6.07) is 2.00. The lowest BCUT2D eigenvalue weighted by Gasteiger charge is -2.32. The molecule has 1 aromatic carbocycles. The number of aryl methyl sites for hydroxylation is 1. The summed E-state index contributed by atoms with van der Waals surface area (Å²) < 4.78 is 38.9. The van der Waals surface area contributed by atoms with Gasteiger partial charge >= 0.3 is 0 Å². The van der Waals surface area contributed by atoms with Gasteiger partial charge in [0.25, 0.3) is 5.91 Å². The molecule has 1 aliphatic heterocycles. The Morgan fingerprint density at radius 2 is 1.92 bits per heavy atom. The first-order valence-corrected chi connectivity index (χ1v) is 11.8. The highest BCUT2D eigenvalue weighted by atomic mass is 19.1. The van der Waals surface area contributed by atoms with Gasteiger partial charge in [-0.05, 0) is 31.6 Å². The first kappa shape index (κ1) is 25.4. The van der Waals surface area contributed by atoms with E-state index in [0.717, 1.165) is 50.9 Å². The van der Waals surface area contributed by atoms with Crippen molar-refractivity contribution in [1.82, 2.24) is 25.4 Å². The quantitative estimate of drug-likeness (QED) is 0.402. The normalized spacial score (nSPS) is 14.2. The third-order valence-corrected chi connectivity index (χ3v) is 5.99. The van der Waals surface area contributed by atoms with Crippen LogP contribution in [0.15, 0.2) is 29.0 Å². The number of nitrogens with zero attached hydrogens (tertiary/aromatic N) is 5. The molecule has 3 aromatic rings. The molecule has 1 aliphatic rings. The fourth-order valence-corrected chi connectivity index (χ4v) is 4.11. The number of benzene rings is 1. The van der Waals surface area contributed by atoms with Crippen molar-refractivity contribution < 1.29 is 27.9 Å². The number of halogens is 2. The van der Waals surface area contributed by atoms with Crippen molar-refractivity contribution in [1.29, 1.82) is 0 Å². The van der Waals surface area contributed by atoms with E-state index < -0.39 is 23.1 Å². The van der Waals surface area contributed by atoms with Crippen LogP contribution in [0.3, 0.4) is 0 Å². The zero-order chi connectivity index (χ0) is 25.5. The summed E-state index contributed by atoms with van der Waals surface area (Å²) >= 11 is 0. The molecule has 0 radical (unpaired) electrons. The van der Waals surface area contributed by atoms with Crippen molar-refractivity contribution in [2.75, 3.05) is 37.7 Å². The highest BCUT2D eigenvalue weighted by Gasteiger charge is 2.22. The molecule has 0 saturated carbocycles. The summed E-state index contributed by atoms with van der Waals surface area (Å²) in [7, 11) is 0. The predicted octanol–water partition coefficient (Wildman–Crippen LogP) is 2.91. The Balaban J connectivity index is 1.19. The van der Waals surface area contributed by atoms with Gasteiger partial charge in [0.15, 0.2) is 0 Å². The van der Waals surface area contributed by atoms with E-state index in [0.29, 0.717) is 35.8 Å². The number of piperidine rings is 1. The standard InChI is InChI=1S/C24H28F2N6O4/c1-15-30-22(31-36-15)17-13-28-24(29-14-17)32-7-4-16(5-8-32)3-2-10-35-18-11-19(25)21(20(26)12-18)23(34)27-6-9-33/h11-14,16,33H,2-10H2,1H3,(H,27,34). The molecule has 12 heteroatoms. The van der Waals surface area contributed by atoms with Crippen LogP contribution in [0, 0.1) is 24.5 Å². The minimum Gasteiger partial charge on any atom is -0.493 e. The van der Waals surface area contributed by atoms with Crippen LogP contribution < -0.4 is 15.0 Å². The molecule has 192 valence electrons. The van der Waals surface area contributed by atoms with Crippen LogP contribution in [0.2, 0.25) is 0 Å². The van der Waals surface area contributed by atoms with Crippen molar-refractivity contribution in [2.24, 2.45) is 5.92 Å². The van der Waals surface area contributed by atoms with Crippen molar-refractivity contribution in [3.05, 3.63) is 47.6 Å². The van der Waals surface area contributed by atoms with Gasteiger partial charge in [0.2, 0.25) is 17.7 Å². The molecule has 0 atom stereocenters. The topological polar surface area (TPSA) is 126 Å². The number of rotatable bonds is 10. The summed E-state index contributed by atoms with van der Waals surface area (Å²) in [6.07, 6.45) is 7.01. The predicted molar refractivity (Wildman–Crippen MR) is 126 cm³/mol. The second-order valence-corrected chi connectivity index (χ2v) is 8.57. The van der Waals surface area contributed by atoms with Gasteiger partial charge in [0.1, 0.15) is 22.9 Å². The number of aliphatic hydroxyl groups is 1. The lowest BCUT2D eigenvalue weighted by molar-refractivity contribution is 0.0936. The van der Waals surface area contributed by atoms with E-state index in [1.54, 1.807) is 19.3 Å². The Labute approximate surface area is 206 Å². The number of hydrogen-bond acceptors (Lipinski definition) is 9. The van der Waals surface area contributed by atoms with Crippen molar-refractivity contribution >= 4 is 11.9 Å². The molecular formula is C24H28F2N6O4. The molecule has 2 aromatic heterocycles. The Kier molecular flexibility index (Phi) is 8.36. The molecule has 0 bridgehead atoms. The maximum Gasteiger partial charge on any atom is 0.257 e. The zero-order valence-corrected chi connectivity index (χ0v) is 19.9. The number of ether oxygens (including phenoxy) is 1. The number of anilines is 1. The van der Waals surface area contributed by atoms with Crippen LogP contribution in [-0.4, -0.2) is 64.0 Å². The molecule has 1 fully saturated rings. The van der Waals surface area contributed by atoms with E-state index >= 15 is 0 Å². The molecule has 2 N–H and O–H groups in total. The fourth-order valence-electron chi connectivity index (χ4n) is 4.11. The number of hydrogen-bond donors (Lipinski definition) is 2. The van der Waals surface area contributed by atoms with Crippen LogP contribution in [0.5, 0.6) is 5.75 Å². The molecule has 36 heavy (non-hydrogen) atoms. The molecule has 10 nitrogen and oxygen atoms in total. The minimum absolute atomic E-state index is 0.0371. The van der Waals surface area contributed by atoms with Crippen LogP contribution >= 0.6 is 0 Å². The van der Waals surface area contributed by atoms with Crippen molar-refractivity contribution in [2.45, 2.75) is 32.6 Å². The van der Waals surface area contributed by atoms with E-state index in [1.807, 2.05) is 0 Å². The van der Waals surface area contributed by atoms with Gasteiger partial charge in [-0.3, -0.25) is 4.79 Å². The van der Waals surface area contributed by atoms with Crippen LogP contribution in [-0.2, 0) is 0 Å². The first-order valence-electron chi connectivity index (χ1n) is 11.8. The summed E-state index contributed by atoms with van der Waals surface area (Å²) in [5, 5.41) is 14.8. The Morgan fingerprint density at radius 3 is 2.53 bits per heavy atom. The van der Waals surface area contributed by atoms with Crippen molar-refractivity contribution in [3.63, 3.8) is 0 Å². The molecule has 0 spiro atoms. The van der Waals surface area contributed by atoms with E-state index in [-0.39, 0.29) is 18.9 Å². The van der Waals surface area contributed by atoms with Gasteiger partial charge in [-0.1, -0.05) is 5.16 Å². The molecule has 4 rings (SSSR count). The largest absolute Gasteiger partial charge is 0.493 e. The minimum atomic E-state index is -1.00. The Bertz CT molecular complexity index is 1140. The average molecular weight is 503 g/mol. The highest BCUT2D eigenvalue weighted by molar-refractivity contribution is 5.94. The Morgan fingerprint density at radius 1 is 1.22 bits per heavy atom. The van der Waals surface area contributed by atoms with Gasteiger partial charge < -0.3 is 24.6 Å². The smallest absolute Gasteiger partial charge is 0.257 e. The number of aromatic nitrogens is 4. The molecular weight excluding hydrogens is 474 g/mol. The third-order valence-electron chi connectivity index (χ3n) is 5.99. The van der Waals surface area contributed by atoms with E-state index in [1.165, 1.54) is 0 Å². The average Bonchev–Trinajstić information content (AvgIpc) is 3.31. The molecule has 1 saturated heterocycles. The lowest BCUT2D eigenvalue weighted by Crippen LogP contribution is -2.34. The lowest BCUT2D eigenvalue weighted by atomic mass is 9.92. The van der Waals surface area contributed by atoms with Gasteiger partial charge in [0, 0.05) is 51.1 Å². The summed E-state index contributed by atoms with van der Waals surface area (Å²) in [6.45, 7) is 3.30. The van der Waals surface area contributed by atoms with Crippen LogP contribution in [0.1, 0.15) is 41.9 Å². The molecule has 0 aliphatic carbocycles. The van der Waals surface area contributed by atoms with Gasteiger partial charge in [-0.2, -0.15) is 4.98 Å². The SMILES string of the molecule is Cc1nc(-c2cnc(N3CCC(CCCOc4cc(F)c(C(=O)NCCO)c(F)c4)CC3)nc2)no1. The number of carbonyl (C=O) groups excluding carboxylic acids is 1. The van der Waals surface area contributed by atoms with E-state index in [4.69, 9.17) is 14.4 Å². The summed E-state index contributed by atoms with van der Waals surface area (Å²) in [5.41, 5.74) is 0.0101. The highest BCUT2D eigenvalue weighted by Crippen LogP contribution is 2.26. The number of amides is 1. The number of aliphatic hydroxyl groups excluding tert-OH is 1. The fraction of sp³-hybridized carbons (Fsp3) is 0.458. The molecule has 1 amide bonds. The van der Waals surface area contributed by atoms with E-state index in [9.17, 15) is 13.6 Å². The second-order valence-electron chi connectivity index (χ2n) is 8.57. The number of carbonyl (C=O) groups is 1. The zero-order valence-electron chi connectivity index (χ0n) is 19.9. The van der Waals surface area contributed by atoms with Crippen LogP contribution in [0.4, 0.5) is 14.7 Å². The summed E-state index contributed by atoms with van der Waals surface area (Å²) in [5.74, 6) is -0.764. The molecule has 0 unspecified atom stereocenters.